The molecule has 0 saturated carbocycles. The van der Waals surface area contributed by atoms with Crippen LogP contribution in [0.3, 0.4) is 0 Å². The van der Waals surface area contributed by atoms with Crippen molar-refractivity contribution in [3.05, 3.63) is 87.6 Å². The van der Waals surface area contributed by atoms with Gasteiger partial charge in [-0.3, -0.25) is 14.5 Å². The maximum atomic E-state index is 13.3. The molecule has 0 aliphatic carbocycles. The number of benzene rings is 2. The van der Waals surface area contributed by atoms with Crippen molar-refractivity contribution in [2.24, 2.45) is 0 Å². The van der Waals surface area contributed by atoms with E-state index < -0.39 is 0 Å². The third kappa shape index (κ3) is 5.22. The van der Waals surface area contributed by atoms with Crippen LogP contribution < -0.4 is 5.32 Å². The zero-order valence-corrected chi connectivity index (χ0v) is 18.5. The maximum absolute atomic E-state index is 13.3. The van der Waals surface area contributed by atoms with Gasteiger partial charge < -0.3 is 10.2 Å². The molecule has 0 bridgehead atoms. The number of nitriles is 1. The Labute approximate surface area is 191 Å². The number of nitrogens with zero attached hydrogens (tertiary/aromatic N) is 3. The summed E-state index contributed by atoms with van der Waals surface area (Å²) in [5.41, 5.74) is 2.86. The monoisotopic (exact) mass is 444 g/mol. The molecule has 1 aliphatic rings. The molecule has 1 aromatic heterocycles. The summed E-state index contributed by atoms with van der Waals surface area (Å²) in [6.07, 6.45) is 0.881. The molecule has 2 aromatic carbocycles. The average molecular weight is 445 g/mol. The molecule has 0 atom stereocenters. The van der Waals surface area contributed by atoms with E-state index in [-0.39, 0.29) is 11.8 Å². The second-order valence-electron chi connectivity index (χ2n) is 7.71. The number of amides is 2. The van der Waals surface area contributed by atoms with Gasteiger partial charge in [0.15, 0.2) is 0 Å². The predicted octanol–water partition coefficient (Wildman–Crippen LogP) is 4.22. The number of hydrogen-bond donors (Lipinski definition) is 1. The van der Waals surface area contributed by atoms with Crippen LogP contribution in [0.4, 0.5) is 5.69 Å². The van der Waals surface area contributed by atoms with Crippen molar-refractivity contribution in [2.75, 3.05) is 31.5 Å². The maximum Gasteiger partial charge on any atom is 0.265 e. The van der Waals surface area contributed by atoms with E-state index in [2.05, 4.69) is 16.3 Å². The van der Waals surface area contributed by atoms with E-state index in [1.165, 1.54) is 11.3 Å². The largest absolute Gasteiger partial charge is 0.337 e. The molecular weight excluding hydrogens is 420 g/mol. The third-order valence-corrected chi connectivity index (χ3v) is 6.38. The fourth-order valence-corrected chi connectivity index (χ4v) is 4.43. The van der Waals surface area contributed by atoms with Gasteiger partial charge in [-0.1, -0.05) is 30.3 Å². The molecule has 4 rings (SSSR count). The van der Waals surface area contributed by atoms with E-state index in [1.807, 2.05) is 52.7 Å². The van der Waals surface area contributed by atoms with Gasteiger partial charge in [-0.05, 0) is 47.7 Å². The van der Waals surface area contributed by atoms with Crippen LogP contribution in [0, 0.1) is 11.3 Å². The van der Waals surface area contributed by atoms with Crippen LogP contribution in [0.2, 0.25) is 0 Å². The highest BCUT2D eigenvalue weighted by Gasteiger charge is 2.23. The van der Waals surface area contributed by atoms with Crippen molar-refractivity contribution >= 4 is 28.8 Å². The highest BCUT2D eigenvalue weighted by molar-refractivity contribution is 7.12. The molecule has 1 fully saturated rings. The normalized spacial score (nSPS) is 14.4. The van der Waals surface area contributed by atoms with E-state index in [0.717, 1.165) is 31.6 Å². The number of nitrogens with one attached hydrogen (secondary N) is 1. The molecule has 1 N–H and O–H groups in total. The number of thiophene rings is 1. The minimum atomic E-state index is -0.204. The Bertz CT molecular complexity index is 1120. The summed E-state index contributed by atoms with van der Waals surface area (Å²) >= 11 is 1.37. The second kappa shape index (κ2) is 10.2. The molecule has 162 valence electrons. The predicted molar refractivity (Wildman–Crippen MR) is 126 cm³/mol. The van der Waals surface area contributed by atoms with Crippen molar-refractivity contribution < 1.29 is 9.59 Å². The van der Waals surface area contributed by atoms with Crippen LogP contribution in [0.1, 0.15) is 37.6 Å². The number of rotatable bonds is 5. The van der Waals surface area contributed by atoms with Gasteiger partial charge in [0.25, 0.3) is 11.8 Å². The molecule has 1 aliphatic heterocycles. The number of para-hydroxylation sites is 1. The molecule has 0 radical (unpaired) electrons. The Kier molecular flexibility index (Phi) is 6.95. The quantitative estimate of drug-likeness (QED) is 0.639. The lowest BCUT2D eigenvalue weighted by molar-refractivity contribution is 0.0762. The molecule has 2 heterocycles. The van der Waals surface area contributed by atoms with Crippen molar-refractivity contribution in [2.45, 2.75) is 13.0 Å². The van der Waals surface area contributed by atoms with Gasteiger partial charge in [0.1, 0.15) is 0 Å². The molecule has 3 aromatic rings. The first-order chi connectivity index (χ1) is 15.6. The van der Waals surface area contributed by atoms with Gasteiger partial charge in [-0.2, -0.15) is 5.26 Å². The van der Waals surface area contributed by atoms with Crippen LogP contribution in [0.5, 0.6) is 0 Å². The Balaban J connectivity index is 1.40. The van der Waals surface area contributed by atoms with Crippen molar-refractivity contribution in [1.82, 2.24) is 9.80 Å². The van der Waals surface area contributed by atoms with Crippen LogP contribution in [-0.4, -0.2) is 47.8 Å². The third-order valence-electron chi connectivity index (χ3n) is 5.52. The Morgan fingerprint density at radius 3 is 2.53 bits per heavy atom. The van der Waals surface area contributed by atoms with Crippen LogP contribution in [0.15, 0.2) is 66.0 Å². The summed E-state index contributed by atoms with van der Waals surface area (Å²) in [6.45, 7) is 3.77. The van der Waals surface area contributed by atoms with E-state index in [1.54, 1.807) is 18.2 Å². The van der Waals surface area contributed by atoms with Crippen molar-refractivity contribution in [1.29, 1.82) is 5.26 Å². The number of carbonyl (C=O) groups excluding carboxylic acids is 2. The van der Waals surface area contributed by atoms with Gasteiger partial charge in [0, 0.05) is 32.7 Å². The smallest absolute Gasteiger partial charge is 0.265 e. The topological polar surface area (TPSA) is 76.4 Å². The number of anilines is 1. The first-order valence-corrected chi connectivity index (χ1v) is 11.5. The second-order valence-corrected chi connectivity index (χ2v) is 8.66. The lowest BCUT2D eigenvalue weighted by Gasteiger charge is -2.23. The first-order valence-electron chi connectivity index (χ1n) is 10.6. The Hall–Kier alpha value is -3.47. The summed E-state index contributed by atoms with van der Waals surface area (Å²) in [6, 6.07) is 20.6. The zero-order valence-electron chi connectivity index (χ0n) is 17.7. The van der Waals surface area contributed by atoms with Crippen LogP contribution in [0.25, 0.3) is 0 Å². The molecule has 0 unspecified atom stereocenters. The van der Waals surface area contributed by atoms with E-state index >= 15 is 0 Å². The molecule has 2 amide bonds. The number of hydrogen-bond acceptors (Lipinski definition) is 5. The van der Waals surface area contributed by atoms with Gasteiger partial charge >= 0.3 is 0 Å². The fraction of sp³-hybridized carbons (Fsp3) is 0.240. The Morgan fingerprint density at radius 2 is 1.78 bits per heavy atom. The fourth-order valence-electron chi connectivity index (χ4n) is 3.82. The minimum Gasteiger partial charge on any atom is -0.337 e. The SMILES string of the molecule is N#Cc1ccc(CN2CCCN(C(=O)c3ccccc3NC(=O)c3cccs3)CC2)cc1. The molecule has 32 heavy (non-hydrogen) atoms. The van der Waals surface area contributed by atoms with Gasteiger partial charge in [-0.15, -0.1) is 11.3 Å². The number of carbonyl (C=O) groups is 2. The van der Waals surface area contributed by atoms with E-state index in [4.69, 9.17) is 5.26 Å². The summed E-state index contributed by atoms with van der Waals surface area (Å²) in [5.74, 6) is -0.267. The summed E-state index contributed by atoms with van der Waals surface area (Å²) < 4.78 is 0. The summed E-state index contributed by atoms with van der Waals surface area (Å²) in [5, 5.41) is 13.7. The van der Waals surface area contributed by atoms with Gasteiger partial charge in [0.2, 0.25) is 0 Å². The lowest BCUT2D eigenvalue weighted by Crippen LogP contribution is -2.35. The summed E-state index contributed by atoms with van der Waals surface area (Å²) in [7, 11) is 0. The molecule has 7 heteroatoms. The summed E-state index contributed by atoms with van der Waals surface area (Å²) in [4.78, 5) is 30.6. The van der Waals surface area contributed by atoms with E-state index in [9.17, 15) is 9.59 Å². The van der Waals surface area contributed by atoms with Crippen LogP contribution in [-0.2, 0) is 6.54 Å². The molecular formula is C25H24N4O2S. The lowest BCUT2D eigenvalue weighted by atomic mass is 10.1. The van der Waals surface area contributed by atoms with E-state index in [0.29, 0.717) is 34.8 Å². The van der Waals surface area contributed by atoms with Crippen LogP contribution >= 0.6 is 11.3 Å². The molecule has 1 saturated heterocycles. The van der Waals surface area contributed by atoms with Crippen molar-refractivity contribution in [3.8, 4) is 6.07 Å². The van der Waals surface area contributed by atoms with Gasteiger partial charge in [-0.25, -0.2) is 0 Å². The standard InChI is InChI=1S/C25H24N4O2S/c26-17-19-8-10-20(11-9-19)18-28-12-4-13-29(15-14-28)25(31)21-5-1-2-6-22(21)27-24(30)23-7-3-16-32-23/h1-3,5-11,16H,4,12-15,18H2,(H,27,30). The highest BCUT2D eigenvalue weighted by atomic mass is 32.1. The first kappa shape index (κ1) is 21.8. The highest BCUT2D eigenvalue weighted by Crippen LogP contribution is 2.21. The average Bonchev–Trinajstić information content (AvgIpc) is 3.27. The minimum absolute atomic E-state index is 0.0627. The zero-order chi connectivity index (χ0) is 22.3. The Morgan fingerprint density at radius 1 is 0.969 bits per heavy atom. The molecule has 0 spiro atoms. The van der Waals surface area contributed by atoms with Gasteiger partial charge in [0.05, 0.1) is 27.8 Å². The van der Waals surface area contributed by atoms with Crippen molar-refractivity contribution in [3.63, 3.8) is 0 Å². The molecule has 6 nitrogen and oxygen atoms in total.